The molecule has 8 heteroatoms. The molecule has 6 nitrogen and oxygen atoms in total. The molecule has 1 N–H and O–H groups in total. The Balaban J connectivity index is 1.56. The van der Waals surface area contributed by atoms with Crippen LogP contribution in [0.2, 0.25) is 0 Å². The third kappa shape index (κ3) is 3.47. The molecule has 0 saturated carbocycles. The third-order valence-corrected chi connectivity index (χ3v) is 7.12. The van der Waals surface area contributed by atoms with E-state index in [0.717, 1.165) is 5.56 Å². The average Bonchev–Trinajstić information content (AvgIpc) is 3.25. The minimum Gasteiger partial charge on any atom is -0.325 e. The van der Waals surface area contributed by atoms with Gasteiger partial charge >= 0.3 is 0 Å². The first-order valence-corrected chi connectivity index (χ1v) is 11.4. The van der Waals surface area contributed by atoms with Crippen LogP contribution in [0.25, 0.3) is 0 Å². The number of carbonyl (C=O) groups is 3. The summed E-state index contributed by atoms with van der Waals surface area (Å²) >= 11 is 1.19. The number of amides is 3. The number of halogens is 1. The van der Waals surface area contributed by atoms with Gasteiger partial charge in [-0.3, -0.25) is 24.2 Å². The van der Waals surface area contributed by atoms with Crippen molar-refractivity contribution in [2.75, 3.05) is 27.4 Å². The molecule has 2 aliphatic heterocycles. The highest BCUT2D eigenvalue weighted by Crippen LogP contribution is 2.55. The van der Waals surface area contributed by atoms with E-state index in [2.05, 4.69) is 5.32 Å². The van der Waals surface area contributed by atoms with Crippen molar-refractivity contribution < 1.29 is 18.8 Å². The van der Waals surface area contributed by atoms with E-state index in [9.17, 15) is 18.8 Å². The number of fused-ring (bicyclic) bond motifs is 2. The quantitative estimate of drug-likeness (QED) is 0.637. The van der Waals surface area contributed by atoms with Crippen molar-refractivity contribution in [3.63, 3.8) is 0 Å². The summed E-state index contributed by atoms with van der Waals surface area (Å²) in [7, 11) is 0. The predicted octanol–water partition coefficient (Wildman–Crippen LogP) is 4.05. The summed E-state index contributed by atoms with van der Waals surface area (Å²) in [6.45, 7) is 1.69. The lowest BCUT2D eigenvalue weighted by Crippen LogP contribution is -2.51. The number of nitrogens with zero attached hydrogens (tertiary/aromatic N) is 2. The average molecular weight is 462 g/mol. The zero-order chi connectivity index (χ0) is 23.2. The zero-order valence-electron chi connectivity index (χ0n) is 17.7. The van der Waals surface area contributed by atoms with Gasteiger partial charge in [0.05, 0.1) is 11.4 Å². The molecule has 3 aromatic carbocycles. The molecule has 1 atom stereocenters. The van der Waals surface area contributed by atoms with Crippen molar-refractivity contribution in [2.24, 2.45) is 0 Å². The van der Waals surface area contributed by atoms with E-state index >= 15 is 0 Å². The summed E-state index contributed by atoms with van der Waals surface area (Å²) in [5.41, 5.74) is 3.04. The summed E-state index contributed by atoms with van der Waals surface area (Å²) in [5, 5.41) is 2.80. The third-order valence-electron chi connectivity index (χ3n) is 5.74. The van der Waals surface area contributed by atoms with Crippen molar-refractivity contribution >= 4 is 46.5 Å². The summed E-state index contributed by atoms with van der Waals surface area (Å²) in [5.74, 6) is -1.47. The van der Waals surface area contributed by atoms with Crippen LogP contribution in [0.5, 0.6) is 0 Å². The SMILES string of the molecule is Cc1ccc2c(c1)[C@]1(SCC(=O)N1c1cccc(F)c1)C(=O)N2CC(=O)Nc1ccccc1. The molecule has 0 aliphatic carbocycles. The Labute approximate surface area is 194 Å². The molecule has 0 radical (unpaired) electrons. The Morgan fingerprint density at radius 2 is 1.85 bits per heavy atom. The van der Waals surface area contributed by atoms with E-state index in [0.29, 0.717) is 22.6 Å². The fraction of sp³-hybridized carbons (Fsp3) is 0.160. The Kier molecular flexibility index (Phi) is 5.17. The van der Waals surface area contributed by atoms with Gasteiger partial charge in [-0.05, 0) is 43.3 Å². The van der Waals surface area contributed by atoms with Crippen molar-refractivity contribution in [3.8, 4) is 0 Å². The van der Waals surface area contributed by atoms with E-state index in [1.54, 1.807) is 36.4 Å². The number of hydrogen-bond donors (Lipinski definition) is 1. The zero-order valence-corrected chi connectivity index (χ0v) is 18.6. The van der Waals surface area contributed by atoms with E-state index in [-0.39, 0.29) is 24.1 Å². The molecule has 3 aromatic rings. The maximum absolute atomic E-state index is 14.0. The smallest absolute Gasteiger partial charge is 0.269 e. The van der Waals surface area contributed by atoms with Crippen LogP contribution in [-0.2, 0) is 19.3 Å². The molecule has 3 amide bonds. The molecular weight excluding hydrogens is 441 g/mol. The summed E-state index contributed by atoms with van der Waals surface area (Å²) in [6, 6.07) is 20.2. The molecule has 0 bridgehead atoms. The summed E-state index contributed by atoms with van der Waals surface area (Å²) in [6.07, 6.45) is 0. The first kappa shape index (κ1) is 21.2. The number of rotatable bonds is 4. The van der Waals surface area contributed by atoms with Gasteiger partial charge in [0.2, 0.25) is 16.7 Å². The molecule has 0 unspecified atom stereocenters. The van der Waals surface area contributed by atoms with Crippen LogP contribution < -0.4 is 15.1 Å². The Morgan fingerprint density at radius 3 is 2.61 bits per heavy atom. The summed E-state index contributed by atoms with van der Waals surface area (Å²) < 4.78 is 14.0. The highest BCUT2D eigenvalue weighted by atomic mass is 32.2. The fourth-order valence-corrected chi connectivity index (χ4v) is 5.70. The molecule has 1 fully saturated rings. The number of aryl methyl sites for hydroxylation is 1. The minimum atomic E-state index is -1.39. The van der Waals surface area contributed by atoms with E-state index < -0.39 is 16.6 Å². The lowest BCUT2D eigenvalue weighted by molar-refractivity contribution is -0.124. The molecule has 2 heterocycles. The van der Waals surface area contributed by atoms with Gasteiger partial charge in [0.15, 0.2) is 0 Å². The summed E-state index contributed by atoms with van der Waals surface area (Å²) in [4.78, 5) is 41.1. The van der Waals surface area contributed by atoms with Crippen LogP contribution >= 0.6 is 11.8 Å². The maximum atomic E-state index is 14.0. The molecule has 1 spiro atoms. The molecule has 2 aliphatic rings. The van der Waals surface area contributed by atoms with E-state index in [4.69, 9.17) is 0 Å². The van der Waals surface area contributed by atoms with Crippen molar-refractivity contribution in [1.82, 2.24) is 0 Å². The maximum Gasteiger partial charge on any atom is 0.269 e. The van der Waals surface area contributed by atoms with Gasteiger partial charge in [0, 0.05) is 16.9 Å². The fourth-order valence-electron chi connectivity index (χ4n) is 4.35. The van der Waals surface area contributed by atoms with Crippen LogP contribution in [0.1, 0.15) is 11.1 Å². The van der Waals surface area contributed by atoms with Gasteiger partial charge in [-0.15, -0.1) is 11.8 Å². The van der Waals surface area contributed by atoms with Crippen LogP contribution in [-0.4, -0.2) is 30.0 Å². The molecular formula is C25H20FN3O3S. The lowest BCUT2D eigenvalue weighted by atomic mass is 10.0. The number of nitrogens with one attached hydrogen (secondary N) is 1. The van der Waals surface area contributed by atoms with Gasteiger partial charge in [-0.1, -0.05) is 42.0 Å². The number of para-hydroxylation sites is 1. The number of anilines is 3. The highest BCUT2D eigenvalue weighted by Gasteiger charge is 2.61. The second kappa shape index (κ2) is 8.04. The van der Waals surface area contributed by atoms with Gasteiger partial charge < -0.3 is 5.32 Å². The minimum absolute atomic E-state index is 0.0691. The standard InChI is InChI=1S/C25H20FN3O3S/c1-16-10-11-21-20(12-16)25(29(23(31)15-33-25)19-9-5-6-17(26)13-19)24(32)28(21)14-22(30)27-18-7-3-2-4-8-18/h2-13H,14-15H2,1H3,(H,27,30)/t25-/m0/s1. The van der Waals surface area contributed by atoms with E-state index in [1.165, 1.54) is 39.8 Å². The Bertz CT molecular complexity index is 1280. The van der Waals surface area contributed by atoms with Crippen LogP contribution in [0.3, 0.4) is 0 Å². The number of carbonyl (C=O) groups excluding carboxylic acids is 3. The first-order valence-electron chi connectivity index (χ1n) is 10.4. The van der Waals surface area contributed by atoms with Crippen LogP contribution in [0, 0.1) is 12.7 Å². The van der Waals surface area contributed by atoms with Crippen molar-refractivity contribution in [3.05, 3.63) is 89.7 Å². The monoisotopic (exact) mass is 461 g/mol. The molecule has 166 valence electrons. The topological polar surface area (TPSA) is 69.7 Å². The number of hydrogen-bond acceptors (Lipinski definition) is 4. The molecule has 1 saturated heterocycles. The Morgan fingerprint density at radius 1 is 1.06 bits per heavy atom. The second-order valence-electron chi connectivity index (χ2n) is 7.97. The van der Waals surface area contributed by atoms with Crippen LogP contribution in [0.4, 0.5) is 21.5 Å². The second-order valence-corrected chi connectivity index (χ2v) is 9.14. The predicted molar refractivity (Wildman–Crippen MR) is 127 cm³/mol. The lowest BCUT2D eigenvalue weighted by Gasteiger charge is -2.33. The number of benzene rings is 3. The van der Waals surface area contributed by atoms with E-state index in [1.807, 2.05) is 25.1 Å². The number of thioether (sulfide) groups is 1. The molecule has 5 rings (SSSR count). The normalized spacial score (nSPS) is 19.3. The van der Waals surface area contributed by atoms with Gasteiger partial charge in [0.25, 0.3) is 5.91 Å². The van der Waals surface area contributed by atoms with Crippen LogP contribution in [0.15, 0.2) is 72.8 Å². The van der Waals surface area contributed by atoms with Crippen molar-refractivity contribution in [1.29, 1.82) is 0 Å². The van der Waals surface area contributed by atoms with Crippen molar-refractivity contribution in [2.45, 2.75) is 11.8 Å². The van der Waals surface area contributed by atoms with Gasteiger partial charge in [-0.25, -0.2) is 4.39 Å². The van der Waals surface area contributed by atoms with Gasteiger partial charge in [-0.2, -0.15) is 0 Å². The molecule has 33 heavy (non-hydrogen) atoms. The van der Waals surface area contributed by atoms with Gasteiger partial charge in [0.1, 0.15) is 12.4 Å². The molecule has 0 aromatic heterocycles. The highest BCUT2D eigenvalue weighted by molar-refractivity contribution is 8.02. The first-order chi connectivity index (χ1) is 15.9. The Hall–Kier alpha value is -3.65. The largest absolute Gasteiger partial charge is 0.325 e.